The summed E-state index contributed by atoms with van der Waals surface area (Å²) in [7, 11) is -1.19. The fraction of sp³-hybridized carbons (Fsp3) is 0.545. The Kier molecular flexibility index (Phi) is 12.8. The lowest BCUT2D eigenvalue weighted by molar-refractivity contribution is -0.297. The van der Waals surface area contributed by atoms with Crippen molar-refractivity contribution in [3.05, 3.63) is 29.8 Å². The lowest BCUT2D eigenvalue weighted by Gasteiger charge is -2.28. The summed E-state index contributed by atoms with van der Waals surface area (Å²) in [4.78, 5) is 22.8. The number of aliphatic carboxylic acids is 1. The van der Waals surface area contributed by atoms with Gasteiger partial charge >= 0.3 is 14.8 Å². The average Bonchev–Trinajstić information content (AvgIpc) is 2.72. The first kappa shape index (κ1) is 26.8. The number of carboxylic acid groups (broad SMARTS) is 1. The standard InChI is InChI=1S/C22H34O8Si/c1-5-27-31(28-6-2,29-7-3)16-10-8-9-11-22(25)30-20-17-18(13-15-21(23)24)12-14-19(20)26-4/h12-15,17H,5-11,16H2,1-4H3,(H,23,24)/p-1/b15-13+. The van der Waals surface area contributed by atoms with Crippen LogP contribution in [0.1, 0.15) is 52.0 Å². The van der Waals surface area contributed by atoms with Crippen molar-refractivity contribution in [1.29, 1.82) is 0 Å². The molecule has 0 saturated carbocycles. The second-order valence-corrected chi connectivity index (χ2v) is 9.31. The van der Waals surface area contributed by atoms with Gasteiger partial charge in [-0.1, -0.05) is 18.6 Å². The van der Waals surface area contributed by atoms with E-state index < -0.39 is 14.8 Å². The zero-order chi connectivity index (χ0) is 23.1. The zero-order valence-corrected chi connectivity index (χ0v) is 19.8. The van der Waals surface area contributed by atoms with Crippen molar-refractivity contribution in [2.24, 2.45) is 0 Å². The molecule has 0 atom stereocenters. The first-order valence-electron chi connectivity index (χ1n) is 10.6. The highest BCUT2D eigenvalue weighted by molar-refractivity contribution is 6.60. The van der Waals surface area contributed by atoms with Gasteiger partial charge in [0.25, 0.3) is 0 Å². The molecule has 0 N–H and O–H groups in total. The Morgan fingerprint density at radius 1 is 0.968 bits per heavy atom. The van der Waals surface area contributed by atoms with Gasteiger partial charge < -0.3 is 32.7 Å². The van der Waals surface area contributed by atoms with Crippen LogP contribution < -0.4 is 14.6 Å². The Bertz CT molecular complexity index is 702. The third-order valence-electron chi connectivity index (χ3n) is 4.28. The molecule has 0 aliphatic rings. The van der Waals surface area contributed by atoms with Crippen molar-refractivity contribution < 1.29 is 37.4 Å². The Labute approximate surface area is 185 Å². The number of ether oxygens (including phenoxy) is 2. The summed E-state index contributed by atoms with van der Waals surface area (Å²) in [5.74, 6) is -1.06. The summed E-state index contributed by atoms with van der Waals surface area (Å²) in [6, 6.07) is 5.51. The highest BCUT2D eigenvalue weighted by Gasteiger charge is 2.39. The molecule has 0 spiro atoms. The van der Waals surface area contributed by atoms with E-state index in [1.165, 1.54) is 13.2 Å². The van der Waals surface area contributed by atoms with Crippen LogP contribution in [0.4, 0.5) is 0 Å². The maximum Gasteiger partial charge on any atom is 0.500 e. The molecule has 31 heavy (non-hydrogen) atoms. The van der Waals surface area contributed by atoms with E-state index in [0.717, 1.165) is 18.9 Å². The number of carboxylic acids is 1. The van der Waals surface area contributed by atoms with Gasteiger partial charge in [0.2, 0.25) is 0 Å². The fourth-order valence-electron chi connectivity index (χ4n) is 3.00. The zero-order valence-electron chi connectivity index (χ0n) is 18.8. The molecule has 1 rings (SSSR count). The minimum absolute atomic E-state index is 0.239. The molecule has 0 aromatic heterocycles. The minimum Gasteiger partial charge on any atom is -0.545 e. The van der Waals surface area contributed by atoms with Gasteiger partial charge in [0.05, 0.1) is 13.1 Å². The highest BCUT2D eigenvalue weighted by atomic mass is 28.4. The molecular formula is C22H33O8Si-. The molecule has 0 bridgehead atoms. The predicted octanol–water partition coefficient (Wildman–Crippen LogP) is 2.97. The molecule has 8 nitrogen and oxygen atoms in total. The van der Waals surface area contributed by atoms with Crippen LogP contribution in [0.3, 0.4) is 0 Å². The van der Waals surface area contributed by atoms with Gasteiger partial charge in [0.1, 0.15) is 0 Å². The molecule has 174 valence electrons. The van der Waals surface area contributed by atoms with Crippen molar-refractivity contribution in [1.82, 2.24) is 0 Å². The van der Waals surface area contributed by atoms with Crippen molar-refractivity contribution in [2.45, 2.75) is 52.5 Å². The lowest BCUT2D eigenvalue weighted by atomic mass is 10.2. The van der Waals surface area contributed by atoms with E-state index >= 15 is 0 Å². The molecule has 0 fully saturated rings. The van der Waals surface area contributed by atoms with Gasteiger partial charge in [-0.2, -0.15) is 0 Å². The summed E-state index contributed by atoms with van der Waals surface area (Å²) in [5.41, 5.74) is 0.553. The third kappa shape index (κ3) is 10.1. The second kappa shape index (κ2) is 14.7. The number of unbranched alkanes of at least 4 members (excludes halogenated alkanes) is 2. The molecule has 0 aliphatic heterocycles. The van der Waals surface area contributed by atoms with Gasteiger partial charge in [0, 0.05) is 32.3 Å². The Balaban J connectivity index is 2.56. The van der Waals surface area contributed by atoms with E-state index in [9.17, 15) is 14.7 Å². The molecule has 0 radical (unpaired) electrons. The third-order valence-corrected chi connectivity index (χ3v) is 7.43. The predicted molar refractivity (Wildman–Crippen MR) is 117 cm³/mol. The second-order valence-electron chi connectivity index (χ2n) is 6.58. The monoisotopic (exact) mass is 453 g/mol. The smallest absolute Gasteiger partial charge is 0.500 e. The lowest BCUT2D eigenvalue weighted by Crippen LogP contribution is -2.45. The Hall–Kier alpha value is -2.20. The van der Waals surface area contributed by atoms with Crippen LogP contribution in [0.5, 0.6) is 11.5 Å². The van der Waals surface area contributed by atoms with E-state index in [-0.39, 0.29) is 18.1 Å². The topological polar surface area (TPSA) is 103 Å². The van der Waals surface area contributed by atoms with Gasteiger partial charge in [-0.25, -0.2) is 0 Å². The molecule has 0 aliphatic carbocycles. The summed E-state index contributed by atoms with van der Waals surface area (Å²) in [6.07, 6.45) is 4.80. The van der Waals surface area contributed by atoms with Gasteiger partial charge in [0.15, 0.2) is 11.5 Å². The van der Waals surface area contributed by atoms with Crippen molar-refractivity contribution in [2.75, 3.05) is 26.9 Å². The van der Waals surface area contributed by atoms with Crippen LogP contribution in [0.2, 0.25) is 6.04 Å². The maximum atomic E-state index is 12.3. The number of esters is 1. The number of benzene rings is 1. The Morgan fingerprint density at radius 3 is 2.16 bits per heavy atom. The molecule has 9 heteroatoms. The van der Waals surface area contributed by atoms with Crippen LogP contribution in [0, 0.1) is 0 Å². The summed E-state index contributed by atoms with van der Waals surface area (Å²) in [5, 5.41) is 10.6. The van der Waals surface area contributed by atoms with Crippen molar-refractivity contribution in [3.8, 4) is 11.5 Å². The number of methoxy groups -OCH3 is 1. The van der Waals surface area contributed by atoms with Crippen LogP contribution in [-0.2, 0) is 22.9 Å². The number of hydrogen-bond donors (Lipinski definition) is 0. The van der Waals surface area contributed by atoms with Crippen molar-refractivity contribution in [3.63, 3.8) is 0 Å². The number of carbonyl (C=O) groups is 2. The molecule has 0 heterocycles. The Morgan fingerprint density at radius 2 is 1.61 bits per heavy atom. The number of rotatable bonds is 16. The van der Waals surface area contributed by atoms with Crippen LogP contribution in [0.15, 0.2) is 24.3 Å². The van der Waals surface area contributed by atoms with Crippen LogP contribution in [-0.4, -0.2) is 47.7 Å². The largest absolute Gasteiger partial charge is 0.545 e. The first-order valence-corrected chi connectivity index (χ1v) is 12.5. The van der Waals surface area contributed by atoms with E-state index in [0.29, 0.717) is 43.6 Å². The van der Waals surface area contributed by atoms with Crippen LogP contribution in [0.25, 0.3) is 6.08 Å². The molecule has 1 aromatic rings. The summed E-state index contributed by atoms with van der Waals surface area (Å²) < 4.78 is 28.1. The van der Waals surface area contributed by atoms with Gasteiger partial charge in [-0.3, -0.25) is 4.79 Å². The molecule has 0 amide bonds. The minimum atomic E-state index is -2.65. The maximum absolute atomic E-state index is 12.3. The van der Waals surface area contributed by atoms with E-state index in [1.807, 2.05) is 20.8 Å². The first-order chi connectivity index (χ1) is 14.9. The van der Waals surface area contributed by atoms with Gasteiger partial charge in [-0.15, -0.1) is 0 Å². The van der Waals surface area contributed by atoms with E-state index in [1.54, 1.807) is 18.2 Å². The molecular weight excluding hydrogens is 420 g/mol. The normalized spacial score (nSPS) is 11.6. The summed E-state index contributed by atoms with van der Waals surface area (Å²) in [6.45, 7) is 7.39. The van der Waals surface area contributed by atoms with E-state index in [4.69, 9.17) is 22.8 Å². The van der Waals surface area contributed by atoms with Crippen LogP contribution >= 0.6 is 0 Å². The molecule has 0 unspecified atom stereocenters. The summed E-state index contributed by atoms with van der Waals surface area (Å²) >= 11 is 0. The average molecular weight is 454 g/mol. The highest BCUT2D eigenvalue weighted by Crippen LogP contribution is 2.29. The SMILES string of the molecule is CCO[Si](CCCCCC(=O)Oc1cc(/C=C/C(=O)[O-])ccc1OC)(OCC)OCC. The molecule has 0 saturated heterocycles. The number of carbonyl (C=O) groups excluding carboxylic acids is 2. The van der Waals surface area contributed by atoms with Crippen molar-refractivity contribution >= 4 is 26.8 Å². The molecule has 1 aromatic carbocycles. The number of hydrogen-bond acceptors (Lipinski definition) is 8. The fourth-order valence-corrected chi connectivity index (χ4v) is 5.69. The van der Waals surface area contributed by atoms with Gasteiger partial charge in [-0.05, 0) is 57.4 Å². The quantitative estimate of drug-likeness (QED) is 0.124. The van der Waals surface area contributed by atoms with E-state index in [2.05, 4.69) is 0 Å².